The molecule has 0 bridgehead atoms. The van der Waals surface area contributed by atoms with Crippen LogP contribution in [0.2, 0.25) is 0 Å². The maximum absolute atomic E-state index is 5.82. The van der Waals surface area contributed by atoms with Crippen LogP contribution in [0.5, 0.6) is 0 Å². The molecular formula is C17H34N2O. The molecule has 0 radical (unpaired) electrons. The Morgan fingerprint density at radius 3 is 2.75 bits per heavy atom. The van der Waals surface area contributed by atoms with Gasteiger partial charge in [0.15, 0.2) is 0 Å². The minimum absolute atomic E-state index is 0.378. The Morgan fingerprint density at radius 1 is 1.30 bits per heavy atom. The molecule has 1 aliphatic heterocycles. The maximum atomic E-state index is 5.82. The summed E-state index contributed by atoms with van der Waals surface area (Å²) < 4.78 is 5.82. The van der Waals surface area contributed by atoms with Crippen LogP contribution in [-0.4, -0.2) is 48.8 Å². The van der Waals surface area contributed by atoms with Gasteiger partial charge in [0.25, 0.3) is 0 Å². The summed E-state index contributed by atoms with van der Waals surface area (Å²) in [6.07, 6.45) is 5.64. The Morgan fingerprint density at radius 2 is 2.05 bits per heavy atom. The van der Waals surface area contributed by atoms with Gasteiger partial charge in [0, 0.05) is 24.7 Å². The lowest BCUT2D eigenvalue weighted by Gasteiger charge is -2.52. The fraction of sp³-hybridized carbons (Fsp3) is 1.00. The van der Waals surface area contributed by atoms with Crippen molar-refractivity contribution < 1.29 is 4.74 Å². The second kappa shape index (κ2) is 6.76. The largest absolute Gasteiger partial charge is 0.376 e. The van der Waals surface area contributed by atoms with E-state index in [1.165, 1.54) is 25.7 Å². The van der Waals surface area contributed by atoms with Crippen LogP contribution < -0.4 is 5.32 Å². The zero-order valence-corrected chi connectivity index (χ0v) is 14.1. The van der Waals surface area contributed by atoms with Crippen molar-refractivity contribution in [1.82, 2.24) is 10.2 Å². The van der Waals surface area contributed by atoms with E-state index in [9.17, 15) is 0 Å². The lowest BCUT2D eigenvalue weighted by atomic mass is 9.70. The summed E-state index contributed by atoms with van der Waals surface area (Å²) in [5.74, 6) is 0. The van der Waals surface area contributed by atoms with Crippen LogP contribution in [0.4, 0.5) is 0 Å². The summed E-state index contributed by atoms with van der Waals surface area (Å²) in [5, 5.41) is 3.86. The molecular weight excluding hydrogens is 248 g/mol. The Hall–Kier alpha value is -0.120. The van der Waals surface area contributed by atoms with Crippen LogP contribution in [0.3, 0.4) is 0 Å². The second-order valence-electron chi connectivity index (χ2n) is 7.57. The fourth-order valence-electron chi connectivity index (χ4n) is 4.07. The van der Waals surface area contributed by atoms with E-state index in [1.807, 2.05) is 0 Å². The number of ether oxygens (including phenoxy) is 1. The SMILES string of the molecule is CCCNC1C(N2CC(C)OCC2C)CCCC1(C)C. The Kier molecular flexibility index (Phi) is 5.49. The molecule has 0 amide bonds. The molecule has 1 N–H and O–H groups in total. The van der Waals surface area contributed by atoms with Gasteiger partial charge in [-0.2, -0.15) is 0 Å². The molecule has 2 rings (SSSR count). The molecule has 3 heteroatoms. The molecule has 0 aromatic carbocycles. The van der Waals surface area contributed by atoms with Crippen LogP contribution in [0, 0.1) is 5.41 Å². The van der Waals surface area contributed by atoms with Gasteiger partial charge in [-0.25, -0.2) is 0 Å². The molecule has 1 saturated heterocycles. The molecule has 1 heterocycles. The fourth-order valence-corrected chi connectivity index (χ4v) is 4.07. The average molecular weight is 282 g/mol. The van der Waals surface area contributed by atoms with Crippen LogP contribution in [-0.2, 0) is 4.74 Å². The number of nitrogens with zero attached hydrogens (tertiary/aromatic N) is 1. The first-order chi connectivity index (χ1) is 9.45. The molecule has 3 nitrogen and oxygen atoms in total. The number of hydrogen-bond donors (Lipinski definition) is 1. The molecule has 2 fully saturated rings. The van der Waals surface area contributed by atoms with Crippen molar-refractivity contribution in [1.29, 1.82) is 0 Å². The molecule has 118 valence electrons. The summed E-state index contributed by atoms with van der Waals surface area (Å²) >= 11 is 0. The number of rotatable bonds is 4. The van der Waals surface area contributed by atoms with E-state index < -0.39 is 0 Å². The summed E-state index contributed by atoms with van der Waals surface area (Å²) in [7, 11) is 0. The summed E-state index contributed by atoms with van der Waals surface area (Å²) in [4.78, 5) is 2.72. The third-order valence-corrected chi connectivity index (χ3v) is 5.24. The molecule has 1 saturated carbocycles. The second-order valence-corrected chi connectivity index (χ2v) is 7.57. The highest BCUT2D eigenvalue weighted by atomic mass is 16.5. The zero-order chi connectivity index (χ0) is 14.8. The molecule has 4 atom stereocenters. The molecule has 4 unspecified atom stereocenters. The molecule has 20 heavy (non-hydrogen) atoms. The van der Waals surface area contributed by atoms with Crippen molar-refractivity contribution in [2.45, 2.75) is 84.5 Å². The molecule has 2 aliphatic rings. The first-order valence-corrected chi connectivity index (χ1v) is 8.56. The molecule has 0 spiro atoms. The van der Waals surface area contributed by atoms with Crippen LogP contribution in [0.1, 0.15) is 60.3 Å². The van der Waals surface area contributed by atoms with Gasteiger partial charge >= 0.3 is 0 Å². The Bertz CT molecular complexity index is 305. The van der Waals surface area contributed by atoms with Crippen molar-refractivity contribution in [3.8, 4) is 0 Å². The third-order valence-electron chi connectivity index (χ3n) is 5.24. The lowest BCUT2D eigenvalue weighted by Crippen LogP contribution is -2.63. The standard InChI is InChI=1S/C17H34N2O/c1-6-10-18-16-15(8-7-9-17(16,4)5)19-11-14(3)20-12-13(19)2/h13-16,18H,6-12H2,1-5H3. The van der Waals surface area contributed by atoms with Gasteiger partial charge in [-0.1, -0.05) is 27.2 Å². The van der Waals surface area contributed by atoms with Crippen LogP contribution in [0.15, 0.2) is 0 Å². The molecule has 0 aromatic rings. The summed E-state index contributed by atoms with van der Waals surface area (Å²) in [6, 6.07) is 1.84. The van der Waals surface area contributed by atoms with Gasteiger partial charge in [0.05, 0.1) is 12.7 Å². The van der Waals surface area contributed by atoms with Gasteiger partial charge in [-0.3, -0.25) is 4.90 Å². The number of hydrogen-bond acceptors (Lipinski definition) is 3. The molecule has 0 aromatic heterocycles. The monoisotopic (exact) mass is 282 g/mol. The first-order valence-electron chi connectivity index (χ1n) is 8.56. The third kappa shape index (κ3) is 3.55. The quantitative estimate of drug-likeness (QED) is 0.858. The van der Waals surface area contributed by atoms with Crippen molar-refractivity contribution >= 4 is 0 Å². The van der Waals surface area contributed by atoms with E-state index in [2.05, 4.69) is 44.8 Å². The highest BCUT2D eigenvalue weighted by Crippen LogP contribution is 2.39. The minimum Gasteiger partial charge on any atom is -0.376 e. The Balaban J connectivity index is 2.12. The van der Waals surface area contributed by atoms with Crippen LogP contribution >= 0.6 is 0 Å². The lowest BCUT2D eigenvalue weighted by molar-refractivity contribution is -0.0871. The smallest absolute Gasteiger partial charge is 0.0674 e. The van der Waals surface area contributed by atoms with Crippen molar-refractivity contribution in [2.75, 3.05) is 19.7 Å². The van der Waals surface area contributed by atoms with Gasteiger partial charge < -0.3 is 10.1 Å². The van der Waals surface area contributed by atoms with Gasteiger partial charge in [0.1, 0.15) is 0 Å². The van der Waals surface area contributed by atoms with E-state index >= 15 is 0 Å². The van der Waals surface area contributed by atoms with Crippen LogP contribution in [0.25, 0.3) is 0 Å². The Labute approximate surface area is 125 Å². The van der Waals surface area contributed by atoms with E-state index in [-0.39, 0.29) is 0 Å². The number of nitrogens with one attached hydrogen (secondary N) is 1. The van der Waals surface area contributed by atoms with E-state index in [4.69, 9.17) is 4.74 Å². The average Bonchev–Trinajstić information content (AvgIpc) is 2.39. The minimum atomic E-state index is 0.378. The number of morpholine rings is 1. The summed E-state index contributed by atoms with van der Waals surface area (Å²) in [6.45, 7) is 14.8. The first kappa shape index (κ1) is 16.3. The maximum Gasteiger partial charge on any atom is 0.0674 e. The summed E-state index contributed by atoms with van der Waals surface area (Å²) in [5.41, 5.74) is 0.402. The van der Waals surface area contributed by atoms with Crippen molar-refractivity contribution in [3.05, 3.63) is 0 Å². The normalized spacial score (nSPS) is 38.9. The predicted molar refractivity (Wildman–Crippen MR) is 85.1 cm³/mol. The van der Waals surface area contributed by atoms with Crippen molar-refractivity contribution in [3.63, 3.8) is 0 Å². The van der Waals surface area contributed by atoms with E-state index in [0.717, 1.165) is 19.7 Å². The predicted octanol–water partition coefficient (Wildman–Crippen LogP) is 3.04. The van der Waals surface area contributed by atoms with Gasteiger partial charge in [0.2, 0.25) is 0 Å². The highest BCUT2D eigenvalue weighted by molar-refractivity contribution is 5.00. The van der Waals surface area contributed by atoms with Gasteiger partial charge in [-0.05, 0) is 45.1 Å². The van der Waals surface area contributed by atoms with E-state index in [1.54, 1.807) is 0 Å². The van der Waals surface area contributed by atoms with E-state index in [0.29, 0.717) is 29.6 Å². The highest BCUT2D eigenvalue weighted by Gasteiger charge is 2.43. The van der Waals surface area contributed by atoms with Crippen molar-refractivity contribution in [2.24, 2.45) is 5.41 Å². The molecule has 1 aliphatic carbocycles. The van der Waals surface area contributed by atoms with Gasteiger partial charge in [-0.15, -0.1) is 0 Å². The zero-order valence-electron chi connectivity index (χ0n) is 14.1. The topological polar surface area (TPSA) is 24.5 Å².